The minimum Gasteiger partial charge on any atom is -0.468 e. The summed E-state index contributed by atoms with van der Waals surface area (Å²) in [5.41, 5.74) is 3.18. The average molecular weight is 367 g/mol. The number of benzene rings is 1. The van der Waals surface area contributed by atoms with Gasteiger partial charge in [0.05, 0.1) is 12.8 Å². The molecule has 2 aliphatic heterocycles. The van der Waals surface area contributed by atoms with Crippen molar-refractivity contribution in [2.75, 3.05) is 5.32 Å². The molecule has 2 bridgehead atoms. The number of nitrogens with zero attached hydrogens (tertiary/aromatic N) is 1. The highest BCUT2D eigenvalue weighted by atomic mass is 16.3. The number of hydrogen-bond acceptors (Lipinski definition) is 3. The Balaban J connectivity index is 1.36. The Kier molecular flexibility index (Phi) is 5.21. The van der Waals surface area contributed by atoms with E-state index >= 15 is 0 Å². The maximum absolute atomic E-state index is 12.5. The van der Waals surface area contributed by atoms with Crippen molar-refractivity contribution >= 4 is 11.7 Å². The van der Waals surface area contributed by atoms with E-state index in [-0.39, 0.29) is 12.1 Å². The molecule has 5 heteroatoms. The molecule has 2 N–H and O–H groups in total. The molecule has 1 aromatic heterocycles. The molecule has 2 saturated heterocycles. The van der Waals surface area contributed by atoms with Crippen LogP contribution in [0.2, 0.25) is 0 Å². The van der Waals surface area contributed by atoms with Gasteiger partial charge in [0, 0.05) is 23.8 Å². The highest BCUT2D eigenvalue weighted by Gasteiger charge is 2.38. The van der Waals surface area contributed by atoms with Crippen LogP contribution in [0, 0.1) is 13.8 Å². The Morgan fingerprint density at radius 1 is 1.15 bits per heavy atom. The summed E-state index contributed by atoms with van der Waals surface area (Å²) in [6.45, 7) is 4.97. The fourth-order valence-electron chi connectivity index (χ4n) is 4.84. The number of aryl methyl sites for hydroxylation is 2. The smallest absolute Gasteiger partial charge is 0.319 e. The van der Waals surface area contributed by atoms with Gasteiger partial charge in [-0.3, -0.25) is 4.90 Å². The van der Waals surface area contributed by atoms with Gasteiger partial charge in [0.1, 0.15) is 5.76 Å². The van der Waals surface area contributed by atoms with Gasteiger partial charge < -0.3 is 15.1 Å². The largest absolute Gasteiger partial charge is 0.468 e. The van der Waals surface area contributed by atoms with Crippen LogP contribution in [0.3, 0.4) is 0 Å². The maximum atomic E-state index is 12.5. The number of amides is 2. The minimum atomic E-state index is -0.0949. The zero-order chi connectivity index (χ0) is 18.8. The van der Waals surface area contributed by atoms with Gasteiger partial charge in [-0.2, -0.15) is 0 Å². The van der Waals surface area contributed by atoms with Crippen molar-refractivity contribution < 1.29 is 9.21 Å². The second kappa shape index (κ2) is 7.77. The Labute approximate surface area is 161 Å². The van der Waals surface area contributed by atoms with Crippen molar-refractivity contribution in [1.82, 2.24) is 10.2 Å². The lowest BCUT2D eigenvalue weighted by atomic mass is 9.81. The standard InChI is InChI=1S/C22H29N3O2/c1-15-9-16(2)11-17(10-15)23-22(26)24-18-12-19-5-3-6-20(13-18)25(19)14-21-7-4-8-27-21/h4,7-11,18-20H,3,5-6,12-14H2,1-2H3,(H2,23,24,26)/t19-,20-/m1/s1. The molecule has 2 amide bonds. The highest BCUT2D eigenvalue weighted by Crippen LogP contribution is 2.35. The van der Waals surface area contributed by atoms with Gasteiger partial charge in [0.25, 0.3) is 0 Å². The van der Waals surface area contributed by atoms with E-state index in [0.717, 1.165) is 42.0 Å². The molecule has 0 spiro atoms. The van der Waals surface area contributed by atoms with Crippen LogP contribution in [-0.2, 0) is 6.54 Å². The molecule has 0 saturated carbocycles. The van der Waals surface area contributed by atoms with E-state index in [4.69, 9.17) is 4.42 Å². The van der Waals surface area contributed by atoms with Crippen molar-refractivity contribution in [2.24, 2.45) is 0 Å². The molecule has 144 valence electrons. The van der Waals surface area contributed by atoms with Crippen LogP contribution in [0.15, 0.2) is 41.0 Å². The van der Waals surface area contributed by atoms with Crippen molar-refractivity contribution in [3.05, 3.63) is 53.5 Å². The number of piperidine rings is 2. The number of anilines is 1. The van der Waals surface area contributed by atoms with Gasteiger partial charge in [-0.25, -0.2) is 4.79 Å². The van der Waals surface area contributed by atoms with Crippen LogP contribution in [-0.4, -0.2) is 29.1 Å². The predicted molar refractivity (Wildman–Crippen MR) is 107 cm³/mol. The first-order valence-corrected chi connectivity index (χ1v) is 10.0. The van der Waals surface area contributed by atoms with Crippen molar-refractivity contribution in [3.8, 4) is 0 Å². The molecule has 27 heavy (non-hydrogen) atoms. The van der Waals surface area contributed by atoms with Crippen LogP contribution in [0.5, 0.6) is 0 Å². The van der Waals surface area contributed by atoms with Crippen LogP contribution in [0.25, 0.3) is 0 Å². The summed E-state index contributed by atoms with van der Waals surface area (Å²) in [6, 6.07) is 11.3. The molecule has 4 rings (SSSR count). The van der Waals surface area contributed by atoms with Gasteiger partial charge in [0.2, 0.25) is 0 Å². The van der Waals surface area contributed by atoms with E-state index in [0.29, 0.717) is 12.1 Å². The van der Waals surface area contributed by atoms with Crippen LogP contribution >= 0.6 is 0 Å². The van der Waals surface area contributed by atoms with Gasteiger partial charge in [-0.1, -0.05) is 12.5 Å². The Morgan fingerprint density at radius 2 is 1.85 bits per heavy atom. The maximum Gasteiger partial charge on any atom is 0.319 e. The second-order valence-corrected chi connectivity index (χ2v) is 8.13. The molecule has 1 aromatic carbocycles. The van der Waals surface area contributed by atoms with Gasteiger partial charge in [-0.05, 0) is 74.9 Å². The molecule has 2 fully saturated rings. The lowest BCUT2D eigenvalue weighted by molar-refractivity contribution is 0.0150. The van der Waals surface area contributed by atoms with E-state index in [2.05, 4.69) is 27.7 Å². The first kappa shape index (κ1) is 18.1. The van der Waals surface area contributed by atoms with Crippen LogP contribution in [0.1, 0.15) is 49.0 Å². The normalized spacial score (nSPS) is 25.2. The number of carbonyl (C=O) groups is 1. The summed E-state index contributed by atoms with van der Waals surface area (Å²) in [5, 5.41) is 6.22. The summed E-state index contributed by atoms with van der Waals surface area (Å²) in [4.78, 5) is 15.1. The van der Waals surface area contributed by atoms with Crippen LogP contribution in [0.4, 0.5) is 10.5 Å². The molecule has 2 aliphatic rings. The summed E-state index contributed by atoms with van der Waals surface area (Å²) in [6.07, 6.45) is 7.46. The average Bonchev–Trinajstić information content (AvgIpc) is 3.07. The number of nitrogens with one attached hydrogen (secondary N) is 2. The molecule has 2 atom stereocenters. The summed E-state index contributed by atoms with van der Waals surface area (Å²) < 4.78 is 5.56. The summed E-state index contributed by atoms with van der Waals surface area (Å²) in [5.74, 6) is 1.03. The number of urea groups is 1. The van der Waals surface area contributed by atoms with Crippen LogP contribution < -0.4 is 10.6 Å². The zero-order valence-corrected chi connectivity index (χ0v) is 16.2. The quantitative estimate of drug-likeness (QED) is 0.830. The van der Waals surface area contributed by atoms with E-state index in [9.17, 15) is 4.79 Å². The molecular formula is C22H29N3O2. The van der Waals surface area contributed by atoms with E-state index < -0.39 is 0 Å². The van der Waals surface area contributed by atoms with E-state index in [1.807, 2.05) is 32.0 Å². The topological polar surface area (TPSA) is 57.5 Å². The van der Waals surface area contributed by atoms with Gasteiger partial charge in [-0.15, -0.1) is 0 Å². The van der Waals surface area contributed by atoms with Crippen molar-refractivity contribution in [1.29, 1.82) is 0 Å². The first-order chi connectivity index (χ1) is 13.1. The zero-order valence-electron chi connectivity index (χ0n) is 16.2. The van der Waals surface area contributed by atoms with E-state index in [1.165, 1.54) is 19.3 Å². The monoisotopic (exact) mass is 367 g/mol. The molecule has 0 aliphatic carbocycles. The first-order valence-electron chi connectivity index (χ1n) is 10.0. The number of furan rings is 1. The highest BCUT2D eigenvalue weighted by molar-refractivity contribution is 5.89. The molecule has 2 aromatic rings. The lowest BCUT2D eigenvalue weighted by Crippen LogP contribution is -2.56. The number of fused-ring (bicyclic) bond motifs is 2. The SMILES string of the molecule is Cc1cc(C)cc(NC(=O)NC2C[C@H]3CCC[C@H](C2)N3Cc2ccco2)c1. The lowest BCUT2D eigenvalue weighted by Gasteiger charge is -2.48. The Hall–Kier alpha value is -2.27. The predicted octanol–water partition coefficient (Wildman–Crippen LogP) is 4.60. The third-order valence-electron chi connectivity index (χ3n) is 5.86. The van der Waals surface area contributed by atoms with Crippen molar-refractivity contribution in [3.63, 3.8) is 0 Å². The molecule has 5 nitrogen and oxygen atoms in total. The minimum absolute atomic E-state index is 0.0949. The second-order valence-electron chi connectivity index (χ2n) is 8.13. The summed E-state index contributed by atoms with van der Waals surface area (Å²) in [7, 11) is 0. The number of hydrogen-bond donors (Lipinski definition) is 2. The Bertz CT molecular complexity index is 753. The molecular weight excluding hydrogens is 338 g/mol. The molecule has 0 radical (unpaired) electrons. The third kappa shape index (κ3) is 4.35. The number of carbonyl (C=O) groups excluding carboxylic acids is 1. The van der Waals surface area contributed by atoms with Gasteiger partial charge >= 0.3 is 6.03 Å². The van der Waals surface area contributed by atoms with E-state index in [1.54, 1.807) is 6.26 Å². The fourth-order valence-corrected chi connectivity index (χ4v) is 4.84. The summed E-state index contributed by atoms with van der Waals surface area (Å²) >= 11 is 0. The Morgan fingerprint density at radius 3 is 2.48 bits per heavy atom. The molecule has 3 heterocycles. The fraction of sp³-hybridized carbons (Fsp3) is 0.500. The third-order valence-corrected chi connectivity index (χ3v) is 5.86. The number of rotatable bonds is 4. The van der Waals surface area contributed by atoms with Gasteiger partial charge in [0.15, 0.2) is 0 Å². The molecule has 0 unspecified atom stereocenters. The van der Waals surface area contributed by atoms with Crippen molar-refractivity contribution in [2.45, 2.75) is 70.6 Å².